The van der Waals surface area contributed by atoms with Crippen molar-refractivity contribution in [2.24, 2.45) is 0 Å². The zero-order valence-electron chi connectivity index (χ0n) is 11.4. The van der Waals surface area contributed by atoms with Crippen LogP contribution in [0.5, 0.6) is 0 Å². The van der Waals surface area contributed by atoms with Gasteiger partial charge in [-0.25, -0.2) is 8.42 Å². The zero-order chi connectivity index (χ0) is 13.0. The van der Waals surface area contributed by atoms with Crippen molar-refractivity contribution >= 4 is 9.84 Å². The summed E-state index contributed by atoms with van der Waals surface area (Å²) in [4.78, 5) is 2.39. The molecule has 0 bridgehead atoms. The van der Waals surface area contributed by atoms with Gasteiger partial charge in [0.15, 0.2) is 9.84 Å². The minimum Gasteiger partial charge on any atom is -0.312 e. The molecule has 5 heteroatoms. The molecule has 1 atom stereocenters. The number of hydrogen-bond acceptors (Lipinski definition) is 4. The average Bonchev–Trinajstić information content (AvgIpc) is 3.12. The summed E-state index contributed by atoms with van der Waals surface area (Å²) in [5.41, 5.74) is 0. The Morgan fingerprint density at radius 1 is 1.28 bits per heavy atom. The van der Waals surface area contributed by atoms with Crippen molar-refractivity contribution in [1.29, 1.82) is 0 Å². The van der Waals surface area contributed by atoms with Crippen LogP contribution in [0.3, 0.4) is 0 Å². The molecule has 1 unspecified atom stereocenters. The highest BCUT2D eigenvalue weighted by Crippen LogP contribution is 2.19. The summed E-state index contributed by atoms with van der Waals surface area (Å²) in [6, 6.07) is 1.25. The van der Waals surface area contributed by atoms with Crippen LogP contribution in [0.25, 0.3) is 0 Å². The van der Waals surface area contributed by atoms with E-state index in [1.165, 1.54) is 25.7 Å². The van der Waals surface area contributed by atoms with Crippen molar-refractivity contribution in [2.45, 2.75) is 51.1 Å². The Hall–Kier alpha value is -0.130. The van der Waals surface area contributed by atoms with Gasteiger partial charge in [0.05, 0.1) is 11.5 Å². The lowest BCUT2D eigenvalue weighted by molar-refractivity contribution is 0.194. The lowest BCUT2D eigenvalue weighted by atomic mass is 10.1. The van der Waals surface area contributed by atoms with E-state index in [2.05, 4.69) is 17.1 Å². The molecule has 18 heavy (non-hydrogen) atoms. The highest BCUT2D eigenvalue weighted by Gasteiger charge is 2.26. The molecule has 1 aliphatic carbocycles. The predicted molar refractivity (Wildman–Crippen MR) is 74.6 cm³/mol. The molecule has 0 spiro atoms. The number of nitrogens with one attached hydrogen (secondary N) is 1. The van der Waals surface area contributed by atoms with Crippen molar-refractivity contribution in [3.63, 3.8) is 0 Å². The Morgan fingerprint density at radius 2 is 2.06 bits per heavy atom. The first-order chi connectivity index (χ1) is 8.61. The lowest BCUT2D eigenvalue weighted by Crippen LogP contribution is -2.44. The monoisotopic (exact) mass is 274 g/mol. The van der Waals surface area contributed by atoms with Crippen molar-refractivity contribution in [3.8, 4) is 0 Å². The van der Waals surface area contributed by atoms with Gasteiger partial charge in [-0.2, -0.15) is 0 Å². The molecule has 0 aromatic heterocycles. The highest BCUT2D eigenvalue weighted by molar-refractivity contribution is 7.91. The van der Waals surface area contributed by atoms with E-state index < -0.39 is 9.84 Å². The van der Waals surface area contributed by atoms with Crippen molar-refractivity contribution in [1.82, 2.24) is 10.2 Å². The van der Waals surface area contributed by atoms with Gasteiger partial charge in [0.25, 0.3) is 0 Å². The molecule has 2 fully saturated rings. The summed E-state index contributed by atoms with van der Waals surface area (Å²) in [5, 5.41) is 3.59. The number of hydrogen-bond donors (Lipinski definition) is 1. The maximum Gasteiger partial charge on any atom is 0.151 e. The molecular weight excluding hydrogens is 248 g/mol. The maximum absolute atomic E-state index is 11.6. The first-order valence-corrected chi connectivity index (χ1v) is 9.11. The highest BCUT2D eigenvalue weighted by atomic mass is 32.2. The molecule has 1 aliphatic heterocycles. The molecule has 0 radical (unpaired) electrons. The van der Waals surface area contributed by atoms with Gasteiger partial charge in [0.2, 0.25) is 0 Å². The maximum atomic E-state index is 11.6. The average molecular weight is 274 g/mol. The summed E-state index contributed by atoms with van der Waals surface area (Å²) in [7, 11) is -2.78. The van der Waals surface area contributed by atoms with Crippen LogP contribution >= 0.6 is 0 Å². The number of nitrogens with zero attached hydrogens (tertiary/aromatic N) is 1. The molecule has 106 valence electrons. The van der Waals surface area contributed by atoms with Crippen LogP contribution < -0.4 is 5.32 Å². The van der Waals surface area contributed by atoms with Crippen LogP contribution in [0.2, 0.25) is 0 Å². The quantitative estimate of drug-likeness (QED) is 0.786. The van der Waals surface area contributed by atoms with Gasteiger partial charge in [-0.3, -0.25) is 4.90 Å². The molecule has 0 aromatic carbocycles. The van der Waals surface area contributed by atoms with Crippen molar-refractivity contribution in [3.05, 3.63) is 0 Å². The molecule has 4 nitrogen and oxygen atoms in total. The Kier molecular flexibility index (Phi) is 5.04. The van der Waals surface area contributed by atoms with Gasteiger partial charge in [0, 0.05) is 25.2 Å². The van der Waals surface area contributed by atoms with Crippen LogP contribution in [0.1, 0.15) is 39.0 Å². The van der Waals surface area contributed by atoms with Crippen LogP contribution in [-0.4, -0.2) is 56.5 Å². The van der Waals surface area contributed by atoms with Crippen LogP contribution in [0, 0.1) is 0 Å². The Morgan fingerprint density at radius 3 is 2.72 bits per heavy atom. The summed E-state index contributed by atoms with van der Waals surface area (Å²) in [6.45, 7) is 4.90. The van der Waals surface area contributed by atoms with E-state index in [9.17, 15) is 8.42 Å². The van der Waals surface area contributed by atoms with E-state index in [1.807, 2.05) is 0 Å². The van der Waals surface area contributed by atoms with Crippen LogP contribution in [0.4, 0.5) is 0 Å². The molecule has 2 rings (SSSR count). The molecule has 1 heterocycles. The van der Waals surface area contributed by atoms with E-state index in [0.717, 1.165) is 32.1 Å². The Bertz CT molecular complexity index is 352. The normalized spacial score (nSPS) is 26.7. The van der Waals surface area contributed by atoms with Crippen molar-refractivity contribution < 1.29 is 8.42 Å². The Labute approximate surface area is 111 Å². The van der Waals surface area contributed by atoms with E-state index in [-0.39, 0.29) is 0 Å². The fourth-order valence-corrected chi connectivity index (χ4v) is 3.95. The largest absolute Gasteiger partial charge is 0.312 e. The fraction of sp³-hybridized carbons (Fsp3) is 1.00. The lowest BCUT2D eigenvalue weighted by Gasteiger charge is -2.30. The molecule has 2 aliphatic rings. The second-order valence-corrected chi connectivity index (χ2v) is 7.97. The summed E-state index contributed by atoms with van der Waals surface area (Å²) in [5.74, 6) is 0.717. The fourth-order valence-electron chi connectivity index (χ4n) is 2.66. The first-order valence-electron chi connectivity index (χ1n) is 7.28. The van der Waals surface area contributed by atoms with E-state index >= 15 is 0 Å². The van der Waals surface area contributed by atoms with E-state index in [4.69, 9.17) is 0 Å². The number of rotatable bonds is 6. The summed E-state index contributed by atoms with van der Waals surface area (Å²) >= 11 is 0. The van der Waals surface area contributed by atoms with Gasteiger partial charge in [-0.1, -0.05) is 13.3 Å². The minimum atomic E-state index is -2.78. The molecule has 1 saturated heterocycles. The predicted octanol–water partition coefficient (Wildman–Crippen LogP) is 1.03. The third-order valence-corrected chi connectivity index (χ3v) is 5.66. The van der Waals surface area contributed by atoms with Crippen molar-refractivity contribution in [2.75, 3.05) is 31.1 Å². The van der Waals surface area contributed by atoms with Gasteiger partial charge in [0.1, 0.15) is 0 Å². The minimum absolute atomic E-state index is 0.344. The molecule has 0 amide bonds. The standard InChI is InChI=1S/C13H26N2O2S/c1-2-4-13(11-14-12-5-6-12)15-7-3-9-18(16,17)10-8-15/h12-14H,2-11H2,1H3. The zero-order valence-corrected chi connectivity index (χ0v) is 12.2. The first kappa shape index (κ1) is 14.3. The van der Waals surface area contributed by atoms with Gasteiger partial charge < -0.3 is 5.32 Å². The SMILES string of the molecule is CCCC(CNC1CC1)N1CCCS(=O)(=O)CC1. The van der Waals surface area contributed by atoms with Gasteiger partial charge in [-0.05, 0) is 32.2 Å². The third-order valence-electron chi connectivity index (χ3n) is 3.95. The third kappa shape index (κ3) is 4.52. The van der Waals surface area contributed by atoms with Crippen LogP contribution in [0.15, 0.2) is 0 Å². The Balaban J connectivity index is 1.87. The summed E-state index contributed by atoms with van der Waals surface area (Å²) < 4.78 is 23.3. The van der Waals surface area contributed by atoms with Crippen LogP contribution in [-0.2, 0) is 9.84 Å². The molecule has 0 aromatic rings. The van der Waals surface area contributed by atoms with Gasteiger partial charge >= 0.3 is 0 Å². The molecule has 1 N–H and O–H groups in total. The van der Waals surface area contributed by atoms with E-state index in [0.29, 0.717) is 17.5 Å². The summed E-state index contributed by atoms with van der Waals surface area (Å²) in [6.07, 6.45) is 5.76. The topological polar surface area (TPSA) is 49.4 Å². The van der Waals surface area contributed by atoms with E-state index in [1.54, 1.807) is 0 Å². The second kappa shape index (κ2) is 6.35. The number of sulfone groups is 1. The molecular formula is C13H26N2O2S. The molecule has 1 saturated carbocycles. The van der Waals surface area contributed by atoms with Gasteiger partial charge in [-0.15, -0.1) is 0 Å². The second-order valence-electron chi connectivity index (χ2n) is 5.67. The smallest absolute Gasteiger partial charge is 0.151 e.